The summed E-state index contributed by atoms with van der Waals surface area (Å²) in [6.45, 7) is 0.511. The molecule has 1 unspecified atom stereocenters. The number of aromatic nitrogens is 3. The molecule has 1 atom stereocenters. The summed E-state index contributed by atoms with van der Waals surface area (Å²) in [5.41, 5.74) is 4.81. The molecule has 0 saturated carbocycles. The van der Waals surface area contributed by atoms with Crippen molar-refractivity contribution in [2.75, 3.05) is 6.54 Å². The van der Waals surface area contributed by atoms with Crippen molar-refractivity contribution in [3.63, 3.8) is 0 Å². The van der Waals surface area contributed by atoms with E-state index in [0.29, 0.717) is 30.1 Å². The zero-order valence-electron chi connectivity index (χ0n) is 17.0. The SMILES string of the molecule is O=C1c2[nH]nc(-c3ccc(F)cc3)c2C(c2ccco2)N1CCc1c[nH]c2ccccc12. The first-order chi connectivity index (χ1) is 15.7. The second-order valence-electron chi connectivity index (χ2n) is 7.89. The lowest BCUT2D eigenvalue weighted by molar-refractivity contribution is 0.0732. The topological polar surface area (TPSA) is 77.9 Å². The van der Waals surface area contributed by atoms with Crippen LogP contribution in [0.2, 0.25) is 0 Å². The number of carbonyl (C=O) groups excluding carboxylic acids is 1. The zero-order chi connectivity index (χ0) is 21.7. The molecule has 1 amide bonds. The Morgan fingerprint density at radius 3 is 2.72 bits per heavy atom. The number of furan rings is 1. The molecule has 0 spiro atoms. The number of carbonyl (C=O) groups is 1. The van der Waals surface area contributed by atoms with Crippen LogP contribution in [0.25, 0.3) is 22.2 Å². The van der Waals surface area contributed by atoms with E-state index in [2.05, 4.69) is 21.2 Å². The van der Waals surface area contributed by atoms with Crippen molar-refractivity contribution in [1.29, 1.82) is 0 Å². The third-order valence-electron chi connectivity index (χ3n) is 6.09. The first kappa shape index (κ1) is 18.6. The van der Waals surface area contributed by atoms with Gasteiger partial charge in [-0.05, 0) is 54.4 Å². The van der Waals surface area contributed by atoms with Crippen molar-refractivity contribution in [3.05, 3.63) is 102 Å². The standard InChI is InChI=1S/C25H19FN4O2/c26-17-9-7-15(8-10-17)22-21-23(29-28-22)25(31)30(24(21)20-6-3-13-32-20)12-11-16-14-27-19-5-2-1-4-18(16)19/h1-10,13-14,24,27H,11-12H2,(H,28,29). The fraction of sp³-hybridized carbons (Fsp3) is 0.120. The maximum atomic E-state index is 13.5. The molecule has 5 aromatic rings. The van der Waals surface area contributed by atoms with Crippen LogP contribution in [0.5, 0.6) is 0 Å². The van der Waals surface area contributed by atoms with Gasteiger partial charge in [-0.2, -0.15) is 5.10 Å². The van der Waals surface area contributed by atoms with Gasteiger partial charge in [0.25, 0.3) is 5.91 Å². The summed E-state index contributed by atoms with van der Waals surface area (Å²) < 4.78 is 19.2. The minimum Gasteiger partial charge on any atom is -0.467 e. The summed E-state index contributed by atoms with van der Waals surface area (Å²) in [5.74, 6) is 0.225. The van der Waals surface area contributed by atoms with E-state index < -0.39 is 6.04 Å². The highest BCUT2D eigenvalue weighted by atomic mass is 19.1. The number of rotatable bonds is 5. The van der Waals surface area contributed by atoms with Crippen LogP contribution in [0.15, 0.2) is 77.5 Å². The van der Waals surface area contributed by atoms with Gasteiger partial charge in [-0.3, -0.25) is 9.89 Å². The van der Waals surface area contributed by atoms with Crippen molar-refractivity contribution in [1.82, 2.24) is 20.1 Å². The maximum Gasteiger partial charge on any atom is 0.273 e. The first-order valence-corrected chi connectivity index (χ1v) is 10.4. The van der Waals surface area contributed by atoms with E-state index in [-0.39, 0.29) is 11.7 Å². The number of halogens is 1. The van der Waals surface area contributed by atoms with Crippen molar-refractivity contribution in [2.45, 2.75) is 12.5 Å². The van der Waals surface area contributed by atoms with E-state index in [0.717, 1.165) is 27.6 Å². The second-order valence-corrected chi connectivity index (χ2v) is 7.89. The Labute approximate surface area is 182 Å². The Bertz CT molecular complexity index is 1420. The van der Waals surface area contributed by atoms with E-state index in [4.69, 9.17) is 4.42 Å². The predicted molar refractivity (Wildman–Crippen MR) is 118 cm³/mol. The monoisotopic (exact) mass is 426 g/mol. The minimum atomic E-state index is -0.406. The fourth-order valence-electron chi connectivity index (χ4n) is 4.58. The van der Waals surface area contributed by atoms with Crippen molar-refractivity contribution < 1.29 is 13.6 Å². The number of H-pyrrole nitrogens is 2. The molecule has 0 fully saturated rings. The highest BCUT2D eigenvalue weighted by Gasteiger charge is 2.43. The quantitative estimate of drug-likeness (QED) is 0.412. The van der Waals surface area contributed by atoms with Crippen molar-refractivity contribution >= 4 is 16.8 Å². The van der Waals surface area contributed by atoms with E-state index in [1.807, 2.05) is 41.4 Å². The number of para-hydroxylation sites is 1. The molecule has 1 aliphatic heterocycles. The first-order valence-electron chi connectivity index (χ1n) is 10.4. The third-order valence-corrected chi connectivity index (χ3v) is 6.09. The summed E-state index contributed by atoms with van der Waals surface area (Å²) in [5, 5.41) is 8.46. The molecular formula is C25H19FN4O2. The number of aromatic amines is 2. The summed E-state index contributed by atoms with van der Waals surface area (Å²) in [6, 6.07) is 17.5. The Balaban J connectivity index is 1.39. The average molecular weight is 426 g/mol. The Hall–Kier alpha value is -4.13. The normalized spacial score (nSPS) is 15.6. The molecule has 0 saturated heterocycles. The molecule has 2 N–H and O–H groups in total. The molecule has 32 heavy (non-hydrogen) atoms. The van der Waals surface area contributed by atoms with Crippen molar-refractivity contribution in [2.24, 2.45) is 0 Å². The largest absolute Gasteiger partial charge is 0.467 e. The molecule has 158 valence electrons. The van der Waals surface area contributed by atoms with Crippen LogP contribution >= 0.6 is 0 Å². The molecule has 1 aliphatic rings. The van der Waals surface area contributed by atoms with Gasteiger partial charge >= 0.3 is 0 Å². The van der Waals surface area contributed by atoms with E-state index >= 15 is 0 Å². The van der Waals surface area contributed by atoms with Gasteiger partial charge in [0.2, 0.25) is 0 Å². The van der Waals surface area contributed by atoms with Crippen LogP contribution in [0.1, 0.15) is 33.4 Å². The van der Waals surface area contributed by atoms with Gasteiger partial charge in [0, 0.05) is 34.8 Å². The Morgan fingerprint density at radius 1 is 1.06 bits per heavy atom. The van der Waals surface area contributed by atoms with Gasteiger partial charge in [-0.15, -0.1) is 0 Å². The lowest BCUT2D eigenvalue weighted by Crippen LogP contribution is -2.31. The Morgan fingerprint density at radius 2 is 1.91 bits per heavy atom. The van der Waals surface area contributed by atoms with Crippen LogP contribution in [0.3, 0.4) is 0 Å². The van der Waals surface area contributed by atoms with Crippen LogP contribution in [-0.4, -0.2) is 32.5 Å². The van der Waals surface area contributed by atoms with E-state index in [9.17, 15) is 9.18 Å². The molecule has 6 rings (SSSR count). The van der Waals surface area contributed by atoms with Crippen molar-refractivity contribution in [3.8, 4) is 11.3 Å². The number of nitrogens with zero attached hydrogens (tertiary/aromatic N) is 2. The van der Waals surface area contributed by atoms with Crippen LogP contribution in [0.4, 0.5) is 4.39 Å². The molecule has 0 radical (unpaired) electrons. The molecule has 3 aromatic heterocycles. The number of amides is 1. The second kappa shape index (κ2) is 7.23. The summed E-state index contributed by atoms with van der Waals surface area (Å²) in [4.78, 5) is 18.5. The molecule has 0 aliphatic carbocycles. The molecule has 0 bridgehead atoms. The van der Waals surface area contributed by atoms with E-state index in [1.54, 1.807) is 18.4 Å². The highest BCUT2D eigenvalue weighted by molar-refractivity contribution is 6.00. The third kappa shape index (κ3) is 2.85. The lowest BCUT2D eigenvalue weighted by atomic mass is 10.00. The molecule has 2 aromatic carbocycles. The van der Waals surface area contributed by atoms with Gasteiger partial charge in [-0.25, -0.2) is 4.39 Å². The maximum absolute atomic E-state index is 13.5. The van der Waals surface area contributed by atoms with Gasteiger partial charge in [0.15, 0.2) is 0 Å². The average Bonchev–Trinajstić information content (AvgIpc) is 3.59. The van der Waals surface area contributed by atoms with Gasteiger partial charge in [0.05, 0.1) is 12.0 Å². The number of nitrogens with one attached hydrogen (secondary N) is 2. The molecular weight excluding hydrogens is 407 g/mol. The van der Waals surface area contributed by atoms with Gasteiger partial charge in [-0.1, -0.05) is 18.2 Å². The number of hydrogen-bond acceptors (Lipinski definition) is 3. The summed E-state index contributed by atoms with van der Waals surface area (Å²) in [6.07, 6.45) is 4.29. The fourth-order valence-corrected chi connectivity index (χ4v) is 4.58. The van der Waals surface area contributed by atoms with Crippen LogP contribution < -0.4 is 0 Å². The van der Waals surface area contributed by atoms with Crippen LogP contribution in [0, 0.1) is 5.82 Å². The lowest BCUT2D eigenvalue weighted by Gasteiger charge is -2.24. The van der Waals surface area contributed by atoms with Gasteiger partial charge in [0.1, 0.15) is 23.3 Å². The number of benzene rings is 2. The number of fused-ring (bicyclic) bond motifs is 2. The highest BCUT2D eigenvalue weighted by Crippen LogP contribution is 2.43. The van der Waals surface area contributed by atoms with Gasteiger partial charge < -0.3 is 14.3 Å². The molecule has 6 nitrogen and oxygen atoms in total. The van der Waals surface area contributed by atoms with E-state index in [1.165, 1.54) is 12.1 Å². The molecule has 4 heterocycles. The number of hydrogen-bond donors (Lipinski definition) is 2. The van der Waals surface area contributed by atoms with Crippen LogP contribution in [-0.2, 0) is 6.42 Å². The molecule has 7 heteroatoms. The predicted octanol–water partition coefficient (Wildman–Crippen LogP) is 5.08. The minimum absolute atomic E-state index is 0.123. The summed E-state index contributed by atoms with van der Waals surface area (Å²) in [7, 11) is 0. The smallest absolute Gasteiger partial charge is 0.273 e. The summed E-state index contributed by atoms with van der Waals surface area (Å²) >= 11 is 0. The zero-order valence-corrected chi connectivity index (χ0v) is 17.0. The Kier molecular flexibility index (Phi) is 4.21.